The quantitative estimate of drug-likeness (QED) is 0.849. The van der Waals surface area contributed by atoms with Crippen LogP contribution < -0.4 is 0 Å². The highest BCUT2D eigenvalue weighted by molar-refractivity contribution is 5.89. The molecule has 0 bridgehead atoms. The van der Waals surface area contributed by atoms with Crippen LogP contribution in [0.1, 0.15) is 47.7 Å². The summed E-state index contributed by atoms with van der Waals surface area (Å²) < 4.78 is 4.61. The minimum absolute atomic E-state index is 0.135. The van der Waals surface area contributed by atoms with Crippen LogP contribution in [0.3, 0.4) is 0 Å². The fourth-order valence-corrected chi connectivity index (χ4v) is 2.51. The summed E-state index contributed by atoms with van der Waals surface area (Å²) >= 11 is 0. The van der Waals surface area contributed by atoms with Gasteiger partial charge in [0.1, 0.15) is 5.78 Å². The Balaban J connectivity index is 2.12. The zero-order chi connectivity index (χ0) is 13.8. The maximum absolute atomic E-state index is 11.8. The standard InChI is InChI=1S/C15H18O4/c1-19-15(18)11-8-6-10(7-9-11)14(17)12-4-2-3-5-13(12)16/h6-9,12,14,17H,2-5H2,1H3. The first-order valence-corrected chi connectivity index (χ1v) is 6.52. The SMILES string of the molecule is COC(=O)c1ccc(C(O)C2CCCCC2=O)cc1. The minimum atomic E-state index is -0.778. The van der Waals surface area contributed by atoms with E-state index in [1.165, 1.54) is 7.11 Å². The molecule has 2 atom stereocenters. The number of rotatable bonds is 3. The molecule has 0 heterocycles. The Kier molecular flexibility index (Phi) is 4.32. The van der Waals surface area contributed by atoms with Gasteiger partial charge in [-0.05, 0) is 30.5 Å². The second-order valence-electron chi connectivity index (χ2n) is 4.88. The summed E-state index contributed by atoms with van der Waals surface area (Å²) in [6, 6.07) is 6.58. The van der Waals surface area contributed by atoms with Gasteiger partial charge in [0.2, 0.25) is 0 Å². The highest BCUT2D eigenvalue weighted by Gasteiger charge is 2.29. The molecule has 2 unspecified atom stereocenters. The van der Waals surface area contributed by atoms with Crippen LogP contribution in [-0.2, 0) is 9.53 Å². The van der Waals surface area contributed by atoms with Crippen molar-refractivity contribution in [3.05, 3.63) is 35.4 Å². The van der Waals surface area contributed by atoms with Gasteiger partial charge in [0.15, 0.2) is 0 Å². The Morgan fingerprint density at radius 1 is 1.32 bits per heavy atom. The van der Waals surface area contributed by atoms with E-state index in [0.717, 1.165) is 19.3 Å². The van der Waals surface area contributed by atoms with Gasteiger partial charge >= 0.3 is 5.97 Å². The highest BCUT2D eigenvalue weighted by Crippen LogP contribution is 2.32. The van der Waals surface area contributed by atoms with Gasteiger partial charge in [0.05, 0.1) is 18.8 Å². The van der Waals surface area contributed by atoms with Crippen LogP contribution in [0, 0.1) is 5.92 Å². The minimum Gasteiger partial charge on any atom is -0.465 e. The third-order valence-corrected chi connectivity index (χ3v) is 3.66. The molecule has 0 radical (unpaired) electrons. The molecule has 1 saturated carbocycles. The average Bonchev–Trinajstić information content (AvgIpc) is 2.46. The van der Waals surface area contributed by atoms with E-state index in [2.05, 4.69) is 4.74 Å². The summed E-state index contributed by atoms with van der Waals surface area (Å²) in [7, 11) is 1.33. The molecule has 0 spiro atoms. The van der Waals surface area contributed by atoms with Crippen molar-refractivity contribution in [1.29, 1.82) is 0 Å². The van der Waals surface area contributed by atoms with E-state index >= 15 is 0 Å². The van der Waals surface area contributed by atoms with Crippen molar-refractivity contribution < 1.29 is 19.4 Å². The number of methoxy groups -OCH3 is 1. The van der Waals surface area contributed by atoms with Crippen molar-refractivity contribution in [3.63, 3.8) is 0 Å². The van der Waals surface area contributed by atoms with E-state index in [1.54, 1.807) is 24.3 Å². The lowest BCUT2D eigenvalue weighted by Gasteiger charge is -2.25. The number of carbonyl (C=O) groups is 2. The molecular weight excluding hydrogens is 244 g/mol. The van der Waals surface area contributed by atoms with Crippen molar-refractivity contribution in [2.75, 3.05) is 7.11 Å². The molecule has 0 saturated heterocycles. The Bertz CT molecular complexity index is 464. The lowest BCUT2D eigenvalue weighted by molar-refractivity contribution is -0.128. The smallest absolute Gasteiger partial charge is 0.337 e. The first-order chi connectivity index (χ1) is 9.13. The summed E-state index contributed by atoms with van der Waals surface area (Å²) in [4.78, 5) is 23.1. The number of aliphatic hydroxyl groups excluding tert-OH is 1. The number of aliphatic hydroxyl groups is 1. The number of hydrogen-bond acceptors (Lipinski definition) is 4. The lowest BCUT2D eigenvalue weighted by Crippen LogP contribution is -2.25. The number of Topliss-reactive ketones (excluding diaryl/α,β-unsaturated/α-hetero) is 1. The van der Waals surface area contributed by atoms with E-state index in [1.807, 2.05) is 0 Å². The summed E-state index contributed by atoms with van der Waals surface area (Å²) in [5.74, 6) is -0.580. The van der Waals surface area contributed by atoms with Gasteiger partial charge in [-0.2, -0.15) is 0 Å². The largest absolute Gasteiger partial charge is 0.465 e. The van der Waals surface area contributed by atoms with Crippen molar-refractivity contribution in [1.82, 2.24) is 0 Å². The molecule has 1 aliphatic rings. The normalized spacial score (nSPS) is 20.9. The fourth-order valence-electron chi connectivity index (χ4n) is 2.51. The van der Waals surface area contributed by atoms with Crippen LogP contribution in [0.4, 0.5) is 0 Å². The van der Waals surface area contributed by atoms with Gasteiger partial charge in [-0.3, -0.25) is 4.79 Å². The zero-order valence-electron chi connectivity index (χ0n) is 11.0. The van der Waals surface area contributed by atoms with E-state index < -0.39 is 12.1 Å². The number of benzene rings is 1. The Morgan fingerprint density at radius 2 is 2.00 bits per heavy atom. The van der Waals surface area contributed by atoms with E-state index in [-0.39, 0.29) is 11.7 Å². The zero-order valence-corrected chi connectivity index (χ0v) is 11.0. The number of ketones is 1. The number of hydrogen-bond donors (Lipinski definition) is 1. The Hall–Kier alpha value is -1.68. The van der Waals surface area contributed by atoms with Crippen molar-refractivity contribution in [3.8, 4) is 0 Å². The molecule has 1 aliphatic carbocycles. The number of ether oxygens (including phenoxy) is 1. The maximum atomic E-state index is 11.8. The van der Waals surface area contributed by atoms with Gasteiger partial charge in [0, 0.05) is 12.3 Å². The molecule has 4 heteroatoms. The third kappa shape index (κ3) is 3.01. The number of esters is 1. The highest BCUT2D eigenvalue weighted by atomic mass is 16.5. The Labute approximate surface area is 112 Å². The second kappa shape index (κ2) is 5.97. The molecule has 1 N–H and O–H groups in total. The summed E-state index contributed by atoms with van der Waals surface area (Å²) in [5, 5.41) is 10.3. The molecule has 1 aromatic carbocycles. The van der Waals surface area contributed by atoms with Crippen LogP contribution in [0.15, 0.2) is 24.3 Å². The molecule has 0 aliphatic heterocycles. The molecule has 19 heavy (non-hydrogen) atoms. The molecule has 1 fully saturated rings. The maximum Gasteiger partial charge on any atom is 0.337 e. The topological polar surface area (TPSA) is 63.6 Å². The first-order valence-electron chi connectivity index (χ1n) is 6.52. The van der Waals surface area contributed by atoms with Crippen molar-refractivity contribution >= 4 is 11.8 Å². The lowest BCUT2D eigenvalue weighted by atomic mass is 9.81. The molecule has 0 amide bonds. The van der Waals surface area contributed by atoms with Crippen LogP contribution in [0.5, 0.6) is 0 Å². The Morgan fingerprint density at radius 3 is 2.58 bits per heavy atom. The van der Waals surface area contributed by atoms with Crippen LogP contribution in [0.2, 0.25) is 0 Å². The van der Waals surface area contributed by atoms with Gasteiger partial charge < -0.3 is 9.84 Å². The van der Waals surface area contributed by atoms with Gasteiger partial charge in [-0.1, -0.05) is 18.6 Å². The van der Waals surface area contributed by atoms with Crippen LogP contribution in [-0.4, -0.2) is 24.0 Å². The van der Waals surface area contributed by atoms with Crippen molar-refractivity contribution in [2.45, 2.75) is 31.8 Å². The van der Waals surface area contributed by atoms with Crippen LogP contribution in [0.25, 0.3) is 0 Å². The molecular formula is C15H18O4. The molecule has 1 aromatic rings. The van der Waals surface area contributed by atoms with Gasteiger partial charge in [0.25, 0.3) is 0 Å². The predicted octanol–water partition coefficient (Wildman–Crippen LogP) is 2.27. The molecule has 102 valence electrons. The monoisotopic (exact) mass is 262 g/mol. The van der Waals surface area contributed by atoms with Gasteiger partial charge in [-0.25, -0.2) is 4.79 Å². The predicted molar refractivity (Wildman–Crippen MR) is 69.7 cm³/mol. The fraction of sp³-hybridized carbons (Fsp3) is 0.467. The van der Waals surface area contributed by atoms with E-state index in [9.17, 15) is 14.7 Å². The summed E-state index contributed by atoms with van der Waals surface area (Å²) in [5.41, 5.74) is 1.11. The molecule has 0 aromatic heterocycles. The first kappa shape index (κ1) is 13.7. The summed E-state index contributed by atoms with van der Waals surface area (Å²) in [6.45, 7) is 0. The summed E-state index contributed by atoms with van der Waals surface area (Å²) in [6.07, 6.45) is 2.41. The second-order valence-corrected chi connectivity index (χ2v) is 4.88. The van der Waals surface area contributed by atoms with Gasteiger partial charge in [-0.15, -0.1) is 0 Å². The number of carbonyl (C=O) groups excluding carboxylic acids is 2. The average molecular weight is 262 g/mol. The van der Waals surface area contributed by atoms with Crippen LogP contribution >= 0.6 is 0 Å². The molecule has 4 nitrogen and oxygen atoms in total. The molecule has 2 rings (SSSR count). The third-order valence-electron chi connectivity index (χ3n) is 3.66. The van der Waals surface area contributed by atoms with E-state index in [4.69, 9.17) is 0 Å². The van der Waals surface area contributed by atoms with Crippen molar-refractivity contribution in [2.24, 2.45) is 5.92 Å². The van der Waals surface area contributed by atoms with E-state index in [0.29, 0.717) is 17.5 Å².